The maximum atomic E-state index is 3.86. The van der Waals surface area contributed by atoms with Gasteiger partial charge in [0.2, 0.25) is 0 Å². The van der Waals surface area contributed by atoms with E-state index in [2.05, 4.69) is 43.1 Å². The fourth-order valence-electron chi connectivity index (χ4n) is 3.58. The number of nitrogens with one attached hydrogen (secondary N) is 1. The molecule has 0 aromatic heterocycles. The van der Waals surface area contributed by atoms with Crippen LogP contribution in [0.5, 0.6) is 0 Å². The zero-order chi connectivity index (χ0) is 13.1. The molecule has 2 fully saturated rings. The maximum Gasteiger partial charge on any atom is 0.0120 e. The van der Waals surface area contributed by atoms with E-state index in [1.807, 2.05) is 0 Å². The lowest BCUT2D eigenvalue weighted by atomic mass is 9.89. The van der Waals surface area contributed by atoms with Crippen molar-refractivity contribution in [3.8, 4) is 0 Å². The van der Waals surface area contributed by atoms with Crippen molar-refractivity contribution in [1.82, 2.24) is 15.1 Å². The van der Waals surface area contributed by atoms with E-state index < -0.39 is 0 Å². The van der Waals surface area contributed by atoms with Gasteiger partial charge in [-0.25, -0.2) is 0 Å². The maximum absolute atomic E-state index is 3.86. The van der Waals surface area contributed by atoms with E-state index in [0.29, 0.717) is 0 Å². The van der Waals surface area contributed by atoms with Gasteiger partial charge in [-0.15, -0.1) is 0 Å². The van der Waals surface area contributed by atoms with Crippen LogP contribution in [0.2, 0.25) is 0 Å². The van der Waals surface area contributed by atoms with Crippen molar-refractivity contribution in [3.63, 3.8) is 0 Å². The molecule has 0 saturated carbocycles. The van der Waals surface area contributed by atoms with Gasteiger partial charge in [0.15, 0.2) is 0 Å². The molecule has 0 spiro atoms. The minimum Gasteiger partial charge on any atom is -0.313 e. The first kappa shape index (κ1) is 14.3. The van der Waals surface area contributed by atoms with Crippen LogP contribution >= 0.6 is 0 Å². The summed E-state index contributed by atoms with van der Waals surface area (Å²) in [6.07, 6.45) is 4.09. The van der Waals surface area contributed by atoms with Gasteiger partial charge in [0.1, 0.15) is 0 Å². The van der Waals surface area contributed by atoms with E-state index >= 15 is 0 Å². The summed E-state index contributed by atoms with van der Waals surface area (Å²) in [5, 5.41) is 3.86. The molecule has 4 atom stereocenters. The quantitative estimate of drug-likeness (QED) is 0.825. The van der Waals surface area contributed by atoms with Crippen molar-refractivity contribution in [2.45, 2.75) is 45.2 Å². The molecule has 2 aliphatic rings. The van der Waals surface area contributed by atoms with Crippen molar-refractivity contribution in [2.75, 3.05) is 40.3 Å². The zero-order valence-electron chi connectivity index (χ0n) is 12.7. The molecular weight excluding hydrogens is 222 g/mol. The van der Waals surface area contributed by atoms with Crippen molar-refractivity contribution in [1.29, 1.82) is 0 Å². The second-order valence-corrected chi connectivity index (χ2v) is 6.79. The van der Waals surface area contributed by atoms with Crippen LogP contribution in [0.3, 0.4) is 0 Å². The summed E-state index contributed by atoms with van der Waals surface area (Å²) >= 11 is 0. The van der Waals surface area contributed by atoms with Crippen molar-refractivity contribution in [3.05, 3.63) is 0 Å². The minimum atomic E-state index is 0.725. The van der Waals surface area contributed by atoms with Crippen molar-refractivity contribution < 1.29 is 0 Å². The first-order chi connectivity index (χ1) is 8.56. The van der Waals surface area contributed by atoms with Gasteiger partial charge in [0, 0.05) is 25.2 Å². The highest BCUT2D eigenvalue weighted by Crippen LogP contribution is 2.21. The van der Waals surface area contributed by atoms with Gasteiger partial charge in [-0.3, -0.25) is 0 Å². The Labute approximate surface area is 113 Å². The van der Waals surface area contributed by atoms with Gasteiger partial charge in [0.25, 0.3) is 0 Å². The molecule has 3 nitrogen and oxygen atoms in total. The number of nitrogens with zero attached hydrogens (tertiary/aromatic N) is 2. The third kappa shape index (κ3) is 3.69. The highest BCUT2D eigenvalue weighted by atomic mass is 15.2. The Morgan fingerprint density at radius 1 is 1.17 bits per heavy atom. The molecule has 4 unspecified atom stereocenters. The number of likely N-dealkylation sites (tertiary alicyclic amines) is 2. The fourth-order valence-corrected chi connectivity index (χ4v) is 3.58. The second-order valence-electron chi connectivity index (χ2n) is 6.79. The third-order valence-electron chi connectivity index (χ3n) is 5.00. The largest absolute Gasteiger partial charge is 0.313 e. The standard InChI is InChI=1S/C15H31N3/c1-12-10-18(4)13(2)8-15(12)16-9-14-6-5-7-17(3)11-14/h12-16H,5-11H2,1-4H3. The molecule has 0 aromatic rings. The SMILES string of the molecule is CC1CN(C)C(C)CC1NCC1CCCN(C)C1. The highest BCUT2D eigenvalue weighted by Gasteiger charge is 2.29. The summed E-state index contributed by atoms with van der Waals surface area (Å²) in [6.45, 7) is 9.78. The summed E-state index contributed by atoms with van der Waals surface area (Å²) in [6, 6.07) is 1.45. The molecule has 3 heteroatoms. The summed E-state index contributed by atoms with van der Waals surface area (Å²) < 4.78 is 0. The molecule has 0 radical (unpaired) electrons. The predicted octanol–water partition coefficient (Wildman–Crippen LogP) is 1.65. The zero-order valence-corrected chi connectivity index (χ0v) is 12.7. The Hall–Kier alpha value is -0.120. The molecule has 18 heavy (non-hydrogen) atoms. The van der Waals surface area contributed by atoms with Crippen LogP contribution < -0.4 is 5.32 Å². The van der Waals surface area contributed by atoms with Crippen molar-refractivity contribution >= 4 is 0 Å². The highest BCUT2D eigenvalue weighted by molar-refractivity contribution is 4.87. The molecule has 2 saturated heterocycles. The average Bonchev–Trinajstić information content (AvgIpc) is 2.32. The molecular formula is C15H31N3. The smallest absolute Gasteiger partial charge is 0.0120 e. The molecule has 0 aliphatic carbocycles. The monoisotopic (exact) mass is 253 g/mol. The Balaban J connectivity index is 1.75. The van der Waals surface area contributed by atoms with Crippen LogP contribution in [0.15, 0.2) is 0 Å². The molecule has 0 aromatic carbocycles. The van der Waals surface area contributed by atoms with Crippen LogP contribution in [-0.4, -0.2) is 62.2 Å². The lowest BCUT2D eigenvalue weighted by Crippen LogP contribution is -2.52. The first-order valence-corrected chi connectivity index (χ1v) is 7.68. The molecule has 106 valence electrons. The van der Waals surface area contributed by atoms with Gasteiger partial charge in [-0.2, -0.15) is 0 Å². The summed E-state index contributed by atoms with van der Waals surface area (Å²) in [5.74, 6) is 1.65. The van der Waals surface area contributed by atoms with E-state index in [-0.39, 0.29) is 0 Å². The van der Waals surface area contributed by atoms with Crippen LogP contribution in [-0.2, 0) is 0 Å². The molecule has 2 heterocycles. The van der Waals surface area contributed by atoms with Crippen LogP contribution in [0, 0.1) is 11.8 Å². The summed E-state index contributed by atoms with van der Waals surface area (Å²) in [5.41, 5.74) is 0. The number of hydrogen-bond donors (Lipinski definition) is 1. The van der Waals surface area contributed by atoms with Crippen LogP contribution in [0.25, 0.3) is 0 Å². The molecule has 0 amide bonds. The molecule has 1 N–H and O–H groups in total. The first-order valence-electron chi connectivity index (χ1n) is 7.68. The van der Waals surface area contributed by atoms with E-state index in [1.165, 1.54) is 45.4 Å². The topological polar surface area (TPSA) is 18.5 Å². The predicted molar refractivity (Wildman–Crippen MR) is 77.9 cm³/mol. The van der Waals surface area contributed by atoms with Gasteiger partial charge in [-0.1, -0.05) is 6.92 Å². The van der Waals surface area contributed by atoms with Gasteiger partial charge in [-0.05, 0) is 65.2 Å². The van der Waals surface area contributed by atoms with Crippen LogP contribution in [0.4, 0.5) is 0 Å². The third-order valence-corrected chi connectivity index (χ3v) is 5.00. The Morgan fingerprint density at radius 2 is 1.94 bits per heavy atom. The summed E-state index contributed by atoms with van der Waals surface area (Å²) in [7, 11) is 4.51. The number of rotatable bonds is 3. The minimum absolute atomic E-state index is 0.725. The average molecular weight is 253 g/mol. The molecule has 0 bridgehead atoms. The summed E-state index contributed by atoms with van der Waals surface area (Å²) in [4.78, 5) is 4.98. The number of piperidine rings is 2. The molecule has 2 aliphatic heterocycles. The lowest BCUT2D eigenvalue weighted by molar-refractivity contribution is 0.114. The fraction of sp³-hybridized carbons (Fsp3) is 1.00. The van der Waals surface area contributed by atoms with E-state index in [9.17, 15) is 0 Å². The lowest BCUT2D eigenvalue weighted by Gasteiger charge is -2.41. The van der Waals surface area contributed by atoms with Gasteiger partial charge >= 0.3 is 0 Å². The Kier molecular flexibility index (Phi) is 5.05. The van der Waals surface area contributed by atoms with E-state index in [1.54, 1.807) is 0 Å². The van der Waals surface area contributed by atoms with Gasteiger partial charge in [0.05, 0.1) is 0 Å². The normalized spacial score (nSPS) is 40.0. The molecule has 2 rings (SSSR count). The van der Waals surface area contributed by atoms with Gasteiger partial charge < -0.3 is 15.1 Å². The van der Waals surface area contributed by atoms with Crippen LogP contribution in [0.1, 0.15) is 33.1 Å². The van der Waals surface area contributed by atoms with E-state index in [0.717, 1.165) is 23.9 Å². The number of hydrogen-bond acceptors (Lipinski definition) is 3. The van der Waals surface area contributed by atoms with Crippen molar-refractivity contribution in [2.24, 2.45) is 11.8 Å². The van der Waals surface area contributed by atoms with E-state index in [4.69, 9.17) is 0 Å². The Bertz CT molecular complexity index is 256. The second kappa shape index (κ2) is 6.36. The Morgan fingerprint density at radius 3 is 2.67 bits per heavy atom.